The second kappa shape index (κ2) is 5.21. The van der Waals surface area contributed by atoms with E-state index in [-0.39, 0.29) is 6.42 Å². The quantitative estimate of drug-likeness (QED) is 0.924. The van der Waals surface area contributed by atoms with Gasteiger partial charge in [0.1, 0.15) is 0 Å². The summed E-state index contributed by atoms with van der Waals surface area (Å²) in [5, 5.41) is 8.78. The predicted octanol–water partition coefficient (Wildman–Crippen LogP) is 2.40. The van der Waals surface area contributed by atoms with Crippen molar-refractivity contribution in [2.75, 3.05) is 14.2 Å². The van der Waals surface area contributed by atoms with Gasteiger partial charge in [-0.25, -0.2) is 0 Å². The molecule has 0 aliphatic heterocycles. The molecule has 0 saturated carbocycles. The minimum Gasteiger partial charge on any atom is -0.493 e. The number of methoxy groups -OCH3 is 2. The first-order valence-corrected chi connectivity index (χ1v) is 5.42. The third kappa shape index (κ3) is 2.47. The molecule has 1 aromatic rings. The SMILES string of the molecule is COc1c(Br)cc(CC(=O)O)c(C)c1OC. The Bertz CT molecular complexity index is 415. The lowest BCUT2D eigenvalue weighted by molar-refractivity contribution is -0.136. The highest BCUT2D eigenvalue weighted by Gasteiger charge is 2.16. The molecule has 0 unspecified atom stereocenters. The molecule has 0 fully saturated rings. The summed E-state index contributed by atoms with van der Waals surface area (Å²) in [5.41, 5.74) is 1.49. The zero-order valence-corrected chi connectivity index (χ0v) is 10.9. The number of carboxylic acids is 1. The van der Waals surface area contributed by atoms with Gasteiger partial charge in [-0.15, -0.1) is 0 Å². The van der Waals surface area contributed by atoms with Crippen molar-refractivity contribution in [3.63, 3.8) is 0 Å². The summed E-state index contributed by atoms with van der Waals surface area (Å²) in [4.78, 5) is 10.7. The van der Waals surface area contributed by atoms with Crippen molar-refractivity contribution < 1.29 is 19.4 Å². The standard InChI is InChI=1S/C11H13BrO4/c1-6-7(5-9(13)14)4-8(12)11(16-3)10(6)15-2/h4H,5H2,1-3H3,(H,13,14). The van der Waals surface area contributed by atoms with Gasteiger partial charge in [-0.3, -0.25) is 4.79 Å². The van der Waals surface area contributed by atoms with Gasteiger partial charge < -0.3 is 14.6 Å². The molecule has 5 heteroatoms. The summed E-state index contributed by atoms with van der Waals surface area (Å²) in [6.45, 7) is 1.81. The molecule has 0 atom stereocenters. The Balaban J connectivity index is 3.33. The summed E-state index contributed by atoms with van der Waals surface area (Å²) in [7, 11) is 3.07. The average Bonchev–Trinajstić information content (AvgIpc) is 2.21. The fourth-order valence-electron chi connectivity index (χ4n) is 1.53. The van der Waals surface area contributed by atoms with Crippen molar-refractivity contribution in [2.24, 2.45) is 0 Å². The number of benzene rings is 1. The largest absolute Gasteiger partial charge is 0.493 e. The van der Waals surface area contributed by atoms with Gasteiger partial charge in [-0.2, -0.15) is 0 Å². The van der Waals surface area contributed by atoms with Crippen LogP contribution in [0, 0.1) is 6.92 Å². The number of aliphatic carboxylic acids is 1. The zero-order chi connectivity index (χ0) is 12.3. The number of ether oxygens (including phenoxy) is 2. The van der Waals surface area contributed by atoms with Gasteiger partial charge in [-0.05, 0) is 40.0 Å². The van der Waals surface area contributed by atoms with Crippen molar-refractivity contribution in [1.29, 1.82) is 0 Å². The second-order valence-corrected chi connectivity index (χ2v) is 4.13. The molecule has 1 N–H and O–H groups in total. The van der Waals surface area contributed by atoms with Crippen molar-refractivity contribution in [1.82, 2.24) is 0 Å². The fraction of sp³-hybridized carbons (Fsp3) is 0.364. The lowest BCUT2D eigenvalue weighted by Crippen LogP contribution is -2.04. The maximum absolute atomic E-state index is 10.7. The van der Waals surface area contributed by atoms with Crippen LogP contribution in [0.25, 0.3) is 0 Å². The van der Waals surface area contributed by atoms with Crippen molar-refractivity contribution in [2.45, 2.75) is 13.3 Å². The highest BCUT2D eigenvalue weighted by atomic mass is 79.9. The van der Waals surface area contributed by atoms with Gasteiger partial charge in [0, 0.05) is 0 Å². The van der Waals surface area contributed by atoms with Crippen LogP contribution in [0.1, 0.15) is 11.1 Å². The Hall–Kier alpha value is -1.23. The first kappa shape index (κ1) is 12.8. The van der Waals surface area contributed by atoms with E-state index in [1.807, 2.05) is 6.92 Å². The van der Waals surface area contributed by atoms with Crippen molar-refractivity contribution >= 4 is 21.9 Å². The first-order valence-electron chi connectivity index (χ1n) is 4.63. The molecule has 0 aliphatic rings. The van der Waals surface area contributed by atoms with Gasteiger partial charge >= 0.3 is 5.97 Å². The van der Waals surface area contributed by atoms with E-state index in [4.69, 9.17) is 14.6 Å². The van der Waals surface area contributed by atoms with Crippen LogP contribution in [0.5, 0.6) is 11.5 Å². The number of hydrogen-bond acceptors (Lipinski definition) is 3. The van der Waals surface area contributed by atoms with E-state index in [9.17, 15) is 4.79 Å². The molecule has 0 aliphatic carbocycles. The van der Waals surface area contributed by atoms with Crippen LogP contribution in [0.4, 0.5) is 0 Å². The Morgan fingerprint density at radius 1 is 1.38 bits per heavy atom. The van der Waals surface area contributed by atoms with Crippen LogP contribution < -0.4 is 9.47 Å². The highest BCUT2D eigenvalue weighted by molar-refractivity contribution is 9.10. The summed E-state index contributed by atoms with van der Waals surface area (Å²) in [6.07, 6.45) is -0.0369. The molecule has 0 spiro atoms. The summed E-state index contributed by atoms with van der Waals surface area (Å²) in [5.74, 6) is 0.268. The van der Waals surface area contributed by atoms with Gasteiger partial charge in [0.25, 0.3) is 0 Å². The van der Waals surface area contributed by atoms with E-state index >= 15 is 0 Å². The van der Waals surface area contributed by atoms with E-state index in [1.54, 1.807) is 13.2 Å². The molecule has 0 amide bonds. The van der Waals surface area contributed by atoms with E-state index in [0.717, 1.165) is 5.56 Å². The Kier molecular flexibility index (Phi) is 4.18. The lowest BCUT2D eigenvalue weighted by atomic mass is 10.0. The molecule has 1 aromatic carbocycles. The van der Waals surface area contributed by atoms with E-state index in [1.165, 1.54) is 7.11 Å². The van der Waals surface area contributed by atoms with E-state index in [0.29, 0.717) is 21.5 Å². The smallest absolute Gasteiger partial charge is 0.307 e. The maximum Gasteiger partial charge on any atom is 0.307 e. The lowest BCUT2D eigenvalue weighted by Gasteiger charge is -2.15. The van der Waals surface area contributed by atoms with Gasteiger partial charge in [0.15, 0.2) is 11.5 Å². The van der Waals surface area contributed by atoms with Gasteiger partial charge in [0.05, 0.1) is 25.1 Å². The zero-order valence-electron chi connectivity index (χ0n) is 9.33. The molecule has 1 rings (SSSR count). The Morgan fingerprint density at radius 3 is 2.38 bits per heavy atom. The molecule has 4 nitrogen and oxygen atoms in total. The predicted molar refractivity (Wildman–Crippen MR) is 63.3 cm³/mol. The minimum atomic E-state index is -0.873. The molecular weight excluding hydrogens is 276 g/mol. The van der Waals surface area contributed by atoms with E-state index < -0.39 is 5.97 Å². The number of carbonyl (C=O) groups is 1. The molecule has 0 bridgehead atoms. The molecule has 0 saturated heterocycles. The van der Waals surface area contributed by atoms with Crippen LogP contribution in [-0.2, 0) is 11.2 Å². The highest BCUT2D eigenvalue weighted by Crippen LogP contribution is 2.39. The number of rotatable bonds is 4. The van der Waals surface area contributed by atoms with E-state index in [2.05, 4.69) is 15.9 Å². The summed E-state index contributed by atoms with van der Waals surface area (Å²) >= 11 is 3.33. The normalized spacial score (nSPS) is 10.0. The molecule has 0 radical (unpaired) electrons. The third-order valence-electron chi connectivity index (χ3n) is 2.30. The minimum absolute atomic E-state index is 0.0369. The Morgan fingerprint density at radius 2 is 1.94 bits per heavy atom. The first-order chi connectivity index (χ1) is 7.51. The topological polar surface area (TPSA) is 55.8 Å². The molecule has 16 heavy (non-hydrogen) atoms. The van der Waals surface area contributed by atoms with Crippen molar-refractivity contribution in [3.8, 4) is 11.5 Å². The van der Waals surface area contributed by atoms with Crippen LogP contribution in [0.3, 0.4) is 0 Å². The van der Waals surface area contributed by atoms with Crippen LogP contribution in [0.2, 0.25) is 0 Å². The van der Waals surface area contributed by atoms with Crippen molar-refractivity contribution in [3.05, 3.63) is 21.7 Å². The fourth-order valence-corrected chi connectivity index (χ4v) is 2.15. The summed E-state index contributed by atoms with van der Waals surface area (Å²) < 4.78 is 11.1. The average molecular weight is 289 g/mol. The maximum atomic E-state index is 10.7. The molecule has 0 heterocycles. The number of halogens is 1. The third-order valence-corrected chi connectivity index (χ3v) is 2.89. The number of carboxylic acid groups (broad SMARTS) is 1. The molecule has 88 valence electrons. The summed E-state index contributed by atoms with van der Waals surface area (Å²) in [6, 6.07) is 1.74. The molecule has 0 aromatic heterocycles. The second-order valence-electron chi connectivity index (χ2n) is 3.28. The van der Waals surface area contributed by atoms with Crippen LogP contribution in [-0.4, -0.2) is 25.3 Å². The van der Waals surface area contributed by atoms with Crippen LogP contribution >= 0.6 is 15.9 Å². The number of hydrogen-bond donors (Lipinski definition) is 1. The molecular formula is C11H13BrO4. The Labute approximate surface area is 102 Å². The van der Waals surface area contributed by atoms with Gasteiger partial charge in [-0.1, -0.05) is 0 Å². The van der Waals surface area contributed by atoms with Gasteiger partial charge in [0.2, 0.25) is 0 Å². The van der Waals surface area contributed by atoms with Crippen LogP contribution in [0.15, 0.2) is 10.5 Å². The monoisotopic (exact) mass is 288 g/mol.